The fourth-order valence-corrected chi connectivity index (χ4v) is 3.29. The molecular formula is C21H18N2O4. The van der Waals surface area contributed by atoms with Gasteiger partial charge in [0.25, 0.3) is 0 Å². The van der Waals surface area contributed by atoms with E-state index < -0.39 is 12.1 Å². The molecule has 4 rings (SSSR count). The minimum absolute atomic E-state index is 0.0541. The van der Waals surface area contributed by atoms with Crippen molar-refractivity contribution in [2.45, 2.75) is 26.4 Å². The van der Waals surface area contributed by atoms with Gasteiger partial charge in [-0.3, -0.25) is 9.59 Å². The third kappa shape index (κ3) is 3.10. The van der Waals surface area contributed by atoms with Crippen LogP contribution in [0, 0.1) is 6.92 Å². The van der Waals surface area contributed by atoms with Crippen molar-refractivity contribution in [1.82, 2.24) is 10.1 Å². The number of hydrogen-bond acceptors (Lipinski definition) is 5. The van der Waals surface area contributed by atoms with Gasteiger partial charge >= 0.3 is 5.97 Å². The summed E-state index contributed by atoms with van der Waals surface area (Å²) in [5.74, 6) is -0.754. The van der Waals surface area contributed by atoms with Crippen LogP contribution in [0.1, 0.15) is 28.7 Å². The second kappa shape index (κ2) is 6.72. The van der Waals surface area contributed by atoms with Crippen molar-refractivity contribution in [3.63, 3.8) is 0 Å². The molecule has 6 nitrogen and oxygen atoms in total. The van der Waals surface area contributed by atoms with Crippen molar-refractivity contribution in [3.8, 4) is 0 Å². The first kappa shape index (κ1) is 17.0. The normalized spacial score (nSPS) is 12.4. The molecule has 0 aliphatic carbocycles. The number of ether oxygens (including phenoxy) is 1. The molecule has 2 aromatic heterocycles. The Bertz CT molecular complexity index is 1160. The highest BCUT2D eigenvalue weighted by Gasteiger charge is 2.25. The van der Waals surface area contributed by atoms with E-state index in [9.17, 15) is 9.59 Å². The van der Waals surface area contributed by atoms with Gasteiger partial charge in [0.1, 0.15) is 5.69 Å². The molecule has 4 aromatic rings. The molecular weight excluding hydrogens is 344 g/mol. The van der Waals surface area contributed by atoms with Crippen LogP contribution in [-0.2, 0) is 16.0 Å². The van der Waals surface area contributed by atoms with Crippen molar-refractivity contribution in [2.24, 2.45) is 0 Å². The van der Waals surface area contributed by atoms with Crippen LogP contribution < -0.4 is 0 Å². The van der Waals surface area contributed by atoms with Gasteiger partial charge in [0, 0.05) is 27.5 Å². The minimum atomic E-state index is -0.895. The summed E-state index contributed by atoms with van der Waals surface area (Å²) in [6.45, 7) is 3.42. The molecule has 0 fully saturated rings. The molecule has 136 valence electrons. The summed E-state index contributed by atoms with van der Waals surface area (Å²) in [4.78, 5) is 28.4. The molecule has 6 heteroatoms. The van der Waals surface area contributed by atoms with Crippen LogP contribution in [0.4, 0.5) is 0 Å². The number of esters is 1. The molecule has 0 spiro atoms. The summed E-state index contributed by atoms with van der Waals surface area (Å²) < 4.78 is 10.6. The second-order valence-electron chi connectivity index (χ2n) is 6.47. The maximum absolute atomic E-state index is 12.9. The molecule has 0 unspecified atom stereocenters. The number of fused-ring (bicyclic) bond motifs is 2. The monoisotopic (exact) mass is 362 g/mol. The number of rotatable bonds is 5. The molecule has 0 aliphatic heterocycles. The SMILES string of the molecule is Cc1[nH]c2ccccc2c1C(=O)[C@@H](C)OC(=O)Cc1noc2ccccc12. The number of benzene rings is 2. The molecule has 2 heterocycles. The Hall–Kier alpha value is -3.41. The molecule has 0 saturated carbocycles. The van der Waals surface area contributed by atoms with Crippen LogP contribution in [0.2, 0.25) is 0 Å². The lowest BCUT2D eigenvalue weighted by Gasteiger charge is -2.12. The van der Waals surface area contributed by atoms with Gasteiger partial charge in [0.05, 0.1) is 6.42 Å². The quantitative estimate of drug-likeness (QED) is 0.429. The van der Waals surface area contributed by atoms with Gasteiger partial charge in [-0.1, -0.05) is 35.5 Å². The van der Waals surface area contributed by atoms with Gasteiger partial charge < -0.3 is 14.2 Å². The van der Waals surface area contributed by atoms with E-state index in [2.05, 4.69) is 10.1 Å². The third-order valence-corrected chi connectivity index (χ3v) is 4.58. The van der Waals surface area contributed by atoms with Crippen LogP contribution in [0.15, 0.2) is 53.1 Å². The number of ketones is 1. The molecule has 27 heavy (non-hydrogen) atoms. The predicted molar refractivity (Wildman–Crippen MR) is 101 cm³/mol. The maximum Gasteiger partial charge on any atom is 0.312 e. The van der Waals surface area contributed by atoms with Crippen molar-refractivity contribution >= 4 is 33.6 Å². The Labute approximate surface area is 155 Å². The first-order valence-corrected chi connectivity index (χ1v) is 8.69. The Kier molecular flexibility index (Phi) is 4.24. The lowest BCUT2D eigenvalue weighted by Crippen LogP contribution is -2.25. The number of hydrogen-bond donors (Lipinski definition) is 1. The highest BCUT2D eigenvalue weighted by molar-refractivity contribution is 6.11. The highest BCUT2D eigenvalue weighted by atomic mass is 16.5. The number of carbonyl (C=O) groups is 2. The van der Waals surface area contributed by atoms with E-state index >= 15 is 0 Å². The standard InChI is InChI=1S/C21H18N2O4/c1-12-20(15-8-3-5-9-16(15)22-12)21(25)13(2)26-19(24)11-17-14-7-4-6-10-18(14)27-23-17/h3-10,13,22H,11H2,1-2H3/t13-/m1/s1. The molecule has 0 radical (unpaired) electrons. The second-order valence-corrected chi connectivity index (χ2v) is 6.47. The topological polar surface area (TPSA) is 85.2 Å². The van der Waals surface area contributed by atoms with Crippen LogP contribution in [0.25, 0.3) is 21.9 Å². The zero-order valence-corrected chi connectivity index (χ0v) is 15.0. The van der Waals surface area contributed by atoms with Crippen LogP contribution in [0.3, 0.4) is 0 Å². The van der Waals surface area contributed by atoms with Crippen molar-refractivity contribution < 1.29 is 18.8 Å². The molecule has 0 aliphatic rings. The number of Topliss-reactive ketones (excluding diaryl/α,β-unsaturated/α-hetero) is 1. The number of nitrogens with one attached hydrogen (secondary N) is 1. The largest absolute Gasteiger partial charge is 0.454 e. The summed E-state index contributed by atoms with van der Waals surface area (Å²) in [6.07, 6.45) is -0.949. The molecule has 0 saturated heterocycles. The van der Waals surface area contributed by atoms with E-state index in [0.717, 1.165) is 22.0 Å². The Balaban J connectivity index is 1.51. The van der Waals surface area contributed by atoms with Crippen molar-refractivity contribution in [3.05, 3.63) is 65.5 Å². The molecule has 2 aromatic carbocycles. The van der Waals surface area contributed by atoms with E-state index in [4.69, 9.17) is 9.26 Å². The number of para-hydroxylation sites is 2. The van der Waals surface area contributed by atoms with Gasteiger partial charge in [0.15, 0.2) is 11.7 Å². The fourth-order valence-electron chi connectivity index (χ4n) is 3.29. The number of carbonyl (C=O) groups excluding carboxylic acids is 2. The number of H-pyrrole nitrogens is 1. The zero-order valence-electron chi connectivity index (χ0n) is 15.0. The van der Waals surface area contributed by atoms with E-state index in [0.29, 0.717) is 16.8 Å². The Morgan fingerprint density at radius 2 is 1.81 bits per heavy atom. The first-order valence-electron chi connectivity index (χ1n) is 8.69. The lowest BCUT2D eigenvalue weighted by molar-refractivity contribution is -0.145. The fraction of sp³-hybridized carbons (Fsp3) is 0.190. The van der Waals surface area contributed by atoms with E-state index in [-0.39, 0.29) is 12.2 Å². The smallest absolute Gasteiger partial charge is 0.312 e. The van der Waals surface area contributed by atoms with Gasteiger partial charge in [-0.05, 0) is 32.0 Å². The molecule has 0 amide bonds. The zero-order chi connectivity index (χ0) is 19.0. The summed E-state index contributed by atoms with van der Waals surface area (Å²) in [6, 6.07) is 14.9. The summed E-state index contributed by atoms with van der Waals surface area (Å²) in [5, 5.41) is 5.52. The van der Waals surface area contributed by atoms with Gasteiger partial charge in [-0.25, -0.2) is 0 Å². The Morgan fingerprint density at radius 1 is 1.11 bits per heavy atom. The van der Waals surface area contributed by atoms with E-state index in [1.54, 1.807) is 13.0 Å². The average Bonchev–Trinajstić information content (AvgIpc) is 3.21. The van der Waals surface area contributed by atoms with E-state index in [1.807, 2.05) is 49.4 Å². The molecule has 0 bridgehead atoms. The Morgan fingerprint density at radius 3 is 2.63 bits per heavy atom. The maximum atomic E-state index is 12.9. The predicted octanol–water partition coefficient (Wildman–Crippen LogP) is 3.97. The molecule has 1 atom stereocenters. The average molecular weight is 362 g/mol. The van der Waals surface area contributed by atoms with Crippen molar-refractivity contribution in [2.75, 3.05) is 0 Å². The number of nitrogens with zero attached hydrogens (tertiary/aromatic N) is 1. The van der Waals surface area contributed by atoms with Crippen molar-refractivity contribution in [1.29, 1.82) is 0 Å². The number of aromatic nitrogens is 2. The van der Waals surface area contributed by atoms with Crippen LogP contribution in [-0.4, -0.2) is 28.0 Å². The minimum Gasteiger partial charge on any atom is -0.454 e. The van der Waals surface area contributed by atoms with E-state index in [1.165, 1.54) is 0 Å². The first-order chi connectivity index (χ1) is 13.0. The van der Waals surface area contributed by atoms with Gasteiger partial charge in [-0.15, -0.1) is 0 Å². The number of aromatic amines is 1. The third-order valence-electron chi connectivity index (χ3n) is 4.58. The van der Waals surface area contributed by atoms with Gasteiger partial charge in [-0.2, -0.15) is 0 Å². The summed E-state index contributed by atoms with van der Waals surface area (Å²) in [5.41, 5.74) is 3.30. The molecule has 1 N–H and O–H groups in total. The summed E-state index contributed by atoms with van der Waals surface area (Å²) in [7, 11) is 0. The number of aryl methyl sites for hydroxylation is 1. The van der Waals surface area contributed by atoms with Crippen LogP contribution >= 0.6 is 0 Å². The summed E-state index contributed by atoms with van der Waals surface area (Å²) >= 11 is 0. The van der Waals surface area contributed by atoms with Crippen LogP contribution in [0.5, 0.6) is 0 Å². The highest BCUT2D eigenvalue weighted by Crippen LogP contribution is 2.24. The lowest BCUT2D eigenvalue weighted by atomic mass is 10.0. The van der Waals surface area contributed by atoms with Gasteiger partial charge in [0.2, 0.25) is 5.78 Å².